The van der Waals surface area contributed by atoms with Gasteiger partial charge in [-0.1, -0.05) is 15.9 Å². The Morgan fingerprint density at radius 3 is 2.50 bits per heavy atom. The van der Waals surface area contributed by atoms with E-state index in [2.05, 4.69) is 15.9 Å². The molecule has 0 saturated carbocycles. The first-order chi connectivity index (χ1) is 9.49. The second-order valence-corrected chi connectivity index (χ2v) is 4.96. The summed E-state index contributed by atoms with van der Waals surface area (Å²) < 4.78 is 11.6. The molecule has 0 aliphatic heterocycles. The van der Waals surface area contributed by atoms with Crippen molar-refractivity contribution in [2.75, 3.05) is 12.8 Å². The fraction of sp³-hybridized carbons (Fsp3) is 0.0714. The number of primary amides is 1. The van der Waals surface area contributed by atoms with Gasteiger partial charge in [0, 0.05) is 16.1 Å². The molecule has 0 bridgehead atoms. The second kappa shape index (κ2) is 5.83. The van der Waals surface area contributed by atoms with Crippen LogP contribution in [0.4, 0.5) is 5.69 Å². The van der Waals surface area contributed by atoms with Gasteiger partial charge in [0.05, 0.1) is 12.8 Å². The molecule has 0 spiro atoms. The lowest BCUT2D eigenvalue weighted by Crippen LogP contribution is -2.11. The highest BCUT2D eigenvalue weighted by atomic mass is 79.9. The molecule has 2 rings (SSSR count). The van der Waals surface area contributed by atoms with Gasteiger partial charge in [0.15, 0.2) is 5.75 Å². The minimum atomic E-state index is -0.559. The first kappa shape index (κ1) is 14.2. The van der Waals surface area contributed by atoms with Gasteiger partial charge in [0.1, 0.15) is 11.5 Å². The summed E-state index contributed by atoms with van der Waals surface area (Å²) in [4.78, 5) is 11.3. The van der Waals surface area contributed by atoms with Gasteiger partial charge in [-0.3, -0.25) is 4.79 Å². The molecule has 0 radical (unpaired) electrons. The van der Waals surface area contributed by atoms with E-state index in [4.69, 9.17) is 20.9 Å². The van der Waals surface area contributed by atoms with Crippen LogP contribution in [0.3, 0.4) is 0 Å². The van der Waals surface area contributed by atoms with Gasteiger partial charge in [-0.05, 0) is 30.3 Å². The van der Waals surface area contributed by atoms with Crippen molar-refractivity contribution in [3.05, 3.63) is 46.4 Å². The Labute approximate surface area is 124 Å². The number of anilines is 1. The molecule has 0 fully saturated rings. The standard InChI is InChI=1S/C14H13BrN2O3/c1-19-10-4-8(14(17)18)5-11(7-10)20-13-6-9(15)2-3-12(13)16/h2-7H,16H2,1H3,(H2,17,18). The van der Waals surface area contributed by atoms with Crippen LogP contribution in [0.2, 0.25) is 0 Å². The van der Waals surface area contributed by atoms with Gasteiger partial charge < -0.3 is 20.9 Å². The molecule has 20 heavy (non-hydrogen) atoms. The van der Waals surface area contributed by atoms with Gasteiger partial charge >= 0.3 is 0 Å². The zero-order valence-corrected chi connectivity index (χ0v) is 12.3. The van der Waals surface area contributed by atoms with Gasteiger partial charge in [-0.25, -0.2) is 0 Å². The number of halogens is 1. The Hall–Kier alpha value is -2.21. The van der Waals surface area contributed by atoms with Crippen LogP contribution in [0.5, 0.6) is 17.2 Å². The number of hydrogen-bond acceptors (Lipinski definition) is 4. The predicted molar refractivity (Wildman–Crippen MR) is 80.1 cm³/mol. The first-order valence-electron chi connectivity index (χ1n) is 5.71. The monoisotopic (exact) mass is 336 g/mol. The van der Waals surface area contributed by atoms with E-state index in [1.807, 2.05) is 6.07 Å². The maximum Gasteiger partial charge on any atom is 0.248 e. The lowest BCUT2D eigenvalue weighted by atomic mass is 10.2. The Morgan fingerprint density at radius 1 is 1.15 bits per heavy atom. The van der Waals surface area contributed by atoms with Crippen LogP contribution in [0, 0.1) is 0 Å². The summed E-state index contributed by atoms with van der Waals surface area (Å²) in [5, 5.41) is 0. The number of amides is 1. The second-order valence-electron chi connectivity index (χ2n) is 4.05. The van der Waals surface area contributed by atoms with E-state index < -0.39 is 5.91 Å². The van der Waals surface area contributed by atoms with E-state index in [1.165, 1.54) is 13.2 Å². The van der Waals surface area contributed by atoms with Crippen molar-refractivity contribution in [3.63, 3.8) is 0 Å². The van der Waals surface area contributed by atoms with E-state index in [1.54, 1.807) is 24.3 Å². The molecule has 0 aromatic heterocycles. The van der Waals surface area contributed by atoms with E-state index in [0.717, 1.165) is 4.47 Å². The fourth-order valence-corrected chi connectivity index (χ4v) is 1.95. The van der Waals surface area contributed by atoms with Crippen molar-refractivity contribution in [2.45, 2.75) is 0 Å². The zero-order valence-electron chi connectivity index (χ0n) is 10.7. The number of nitrogens with two attached hydrogens (primary N) is 2. The molecule has 6 heteroatoms. The average Bonchev–Trinajstić information content (AvgIpc) is 2.42. The van der Waals surface area contributed by atoms with Gasteiger partial charge in [-0.2, -0.15) is 0 Å². The Bertz CT molecular complexity index is 659. The minimum absolute atomic E-state index is 0.299. The van der Waals surface area contributed by atoms with Crippen LogP contribution < -0.4 is 20.9 Å². The van der Waals surface area contributed by atoms with Crippen LogP contribution in [0.25, 0.3) is 0 Å². The molecular formula is C14H13BrN2O3. The van der Waals surface area contributed by atoms with Crippen LogP contribution >= 0.6 is 15.9 Å². The summed E-state index contributed by atoms with van der Waals surface area (Å²) in [5.74, 6) is 0.812. The van der Waals surface area contributed by atoms with Crippen LogP contribution in [-0.2, 0) is 0 Å². The van der Waals surface area contributed by atoms with Crippen molar-refractivity contribution >= 4 is 27.5 Å². The largest absolute Gasteiger partial charge is 0.497 e. The van der Waals surface area contributed by atoms with Crippen LogP contribution in [-0.4, -0.2) is 13.0 Å². The van der Waals surface area contributed by atoms with E-state index in [9.17, 15) is 4.79 Å². The van der Waals surface area contributed by atoms with E-state index >= 15 is 0 Å². The summed E-state index contributed by atoms with van der Waals surface area (Å²) in [6, 6.07) is 9.98. The average molecular weight is 337 g/mol. The van der Waals surface area contributed by atoms with Crippen molar-refractivity contribution in [1.29, 1.82) is 0 Å². The quantitative estimate of drug-likeness (QED) is 0.840. The maximum atomic E-state index is 11.3. The first-order valence-corrected chi connectivity index (χ1v) is 6.50. The van der Waals surface area contributed by atoms with Crippen molar-refractivity contribution in [3.8, 4) is 17.2 Å². The number of ether oxygens (including phenoxy) is 2. The molecule has 0 atom stereocenters. The molecule has 4 N–H and O–H groups in total. The summed E-state index contributed by atoms with van der Waals surface area (Å²) in [6.07, 6.45) is 0. The third-order valence-electron chi connectivity index (χ3n) is 2.60. The normalized spacial score (nSPS) is 10.1. The molecule has 2 aromatic carbocycles. The number of benzene rings is 2. The van der Waals surface area contributed by atoms with Crippen LogP contribution in [0.1, 0.15) is 10.4 Å². The third-order valence-corrected chi connectivity index (χ3v) is 3.10. The lowest BCUT2D eigenvalue weighted by Gasteiger charge is -2.11. The topological polar surface area (TPSA) is 87.6 Å². The Balaban J connectivity index is 2.39. The molecule has 0 aliphatic carbocycles. The summed E-state index contributed by atoms with van der Waals surface area (Å²) in [6.45, 7) is 0. The Kier molecular flexibility index (Phi) is 4.14. The molecule has 1 amide bonds. The number of carbonyl (C=O) groups is 1. The van der Waals surface area contributed by atoms with Crippen molar-refractivity contribution in [1.82, 2.24) is 0 Å². The summed E-state index contributed by atoms with van der Waals surface area (Å²) >= 11 is 3.34. The summed E-state index contributed by atoms with van der Waals surface area (Å²) in [7, 11) is 1.50. The number of nitrogen functional groups attached to an aromatic ring is 1. The molecule has 5 nitrogen and oxygen atoms in total. The maximum absolute atomic E-state index is 11.3. The zero-order chi connectivity index (χ0) is 14.7. The predicted octanol–water partition coefficient (Wildman–Crippen LogP) is 2.93. The highest BCUT2D eigenvalue weighted by molar-refractivity contribution is 9.10. The van der Waals surface area contributed by atoms with Gasteiger partial charge in [-0.15, -0.1) is 0 Å². The lowest BCUT2D eigenvalue weighted by molar-refractivity contribution is 0.0999. The number of hydrogen-bond donors (Lipinski definition) is 2. The molecule has 0 aliphatic rings. The molecule has 2 aromatic rings. The number of rotatable bonds is 4. The molecular weight excluding hydrogens is 324 g/mol. The molecule has 0 heterocycles. The molecule has 104 valence electrons. The molecule has 0 saturated heterocycles. The SMILES string of the molecule is COc1cc(Oc2cc(Br)ccc2N)cc(C(N)=O)c1. The Morgan fingerprint density at radius 2 is 1.85 bits per heavy atom. The van der Waals surface area contributed by atoms with Crippen molar-refractivity contribution < 1.29 is 14.3 Å². The van der Waals surface area contributed by atoms with Crippen molar-refractivity contribution in [2.24, 2.45) is 5.73 Å². The van der Waals surface area contributed by atoms with E-state index in [-0.39, 0.29) is 0 Å². The highest BCUT2D eigenvalue weighted by Gasteiger charge is 2.09. The highest BCUT2D eigenvalue weighted by Crippen LogP contribution is 2.32. The molecule has 0 unspecified atom stereocenters. The number of methoxy groups -OCH3 is 1. The van der Waals surface area contributed by atoms with E-state index in [0.29, 0.717) is 28.5 Å². The third kappa shape index (κ3) is 3.21. The number of carbonyl (C=O) groups excluding carboxylic acids is 1. The smallest absolute Gasteiger partial charge is 0.248 e. The fourth-order valence-electron chi connectivity index (χ4n) is 1.61. The van der Waals surface area contributed by atoms with Crippen LogP contribution in [0.15, 0.2) is 40.9 Å². The summed E-state index contributed by atoms with van der Waals surface area (Å²) in [5.41, 5.74) is 11.9. The van der Waals surface area contributed by atoms with Gasteiger partial charge in [0.2, 0.25) is 5.91 Å². The minimum Gasteiger partial charge on any atom is -0.497 e. The van der Waals surface area contributed by atoms with Gasteiger partial charge in [0.25, 0.3) is 0 Å².